The third-order valence-electron chi connectivity index (χ3n) is 3.21. The van der Waals surface area contributed by atoms with Crippen molar-refractivity contribution in [3.63, 3.8) is 0 Å². The molecule has 2 aromatic rings. The molecule has 0 unspecified atom stereocenters. The molecule has 0 amide bonds. The summed E-state index contributed by atoms with van der Waals surface area (Å²) in [4.78, 5) is 4.49. The molecule has 0 aliphatic heterocycles. The Hall–Kier alpha value is -1.39. The van der Waals surface area contributed by atoms with Gasteiger partial charge in [0.2, 0.25) is 0 Å². The van der Waals surface area contributed by atoms with E-state index in [0.717, 1.165) is 28.6 Å². The summed E-state index contributed by atoms with van der Waals surface area (Å²) in [5, 5.41) is 8.53. The van der Waals surface area contributed by atoms with Crippen LogP contribution in [0.1, 0.15) is 36.5 Å². The average molecular weight is 293 g/mol. The Bertz CT molecular complexity index is 572. The lowest BCUT2D eigenvalue weighted by molar-refractivity contribution is 0.587. The number of hydrogen-bond donors (Lipinski definition) is 1. The molecule has 2 aromatic heterocycles. The second kappa shape index (κ2) is 6.37. The average Bonchev–Trinajstić information content (AvgIpc) is 2.65. The SMILES string of the molecule is Cc1nn(Cc2ccc(CNC(C)C)cn2)c(C)c1Cl. The predicted molar refractivity (Wildman–Crippen MR) is 82.0 cm³/mol. The van der Waals surface area contributed by atoms with Gasteiger partial charge in [-0.15, -0.1) is 0 Å². The van der Waals surface area contributed by atoms with Gasteiger partial charge in [-0.05, 0) is 25.5 Å². The second-order valence-electron chi connectivity index (χ2n) is 5.34. The van der Waals surface area contributed by atoms with Crippen LogP contribution in [-0.4, -0.2) is 20.8 Å². The van der Waals surface area contributed by atoms with Crippen LogP contribution >= 0.6 is 11.6 Å². The maximum atomic E-state index is 6.15. The third-order valence-corrected chi connectivity index (χ3v) is 3.75. The van der Waals surface area contributed by atoms with Crippen LogP contribution in [0.4, 0.5) is 0 Å². The first kappa shape index (κ1) is 15.0. The van der Waals surface area contributed by atoms with E-state index in [9.17, 15) is 0 Å². The fourth-order valence-electron chi connectivity index (χ4n) is 1.96. The number of aromatic nitrogens is 3. The van der Waals surface area contributed by atoms with Gasteiger partial charge in [-0.3, -0.25) is 9.67 Å². The van der Waals surface area contributed by atoms with Crippen LogP contribution in [0.3, 0.4) is 0 Å². The van der Waals surface area contributed by atoms with Gasteiger partial charge in [-0.25, -0.2) is 0 Å². The highest BCUT2D eigenvalue weighted by Crippen LogP contribution is 2.19. The fraction of sp³-hybridized carbons (Fsp3) is 0.467. The van der Waals surface area contributed by atoms with E-state index in [1.54, 1.807) is 0 Å². The van der Waals surface area contributed by atoms with Gasteiger partial charge in [0.15, 0.2) is 0 Å². The molecule has 5 heteroatoms. The lowest BCUT2D eigenvalue weighted by Gasteiger charge is -2.08. The Kier molecular flexibility index (Phi) is 4.78. The summed E-state index contributed by atoms with van der Waals surface area (Å²) in [6.07, 6.45) is 1.91. The molecule has 0 spiro atoms. The van der Waals surface area contributed by atoms with Crippen molar-refractivity contribution in [2.24, 2.45) is 0 Å². The molecular weight excluding hydrogens is 272 g/mol. The minimum atomic E-state index is 0.478. The van der Waals surface area contributed by atoms with Gasteiger partial charge in [0.05, 0.1) is 28.6 Å². The van der Waals surface area contributed by atoms with E-state index in [1.807, 2.05) is 30.8 Å². The standard InChI is InChI=1S/C15H21ClN4/c1-10(2)17-7-13-5-6-14(18-8-13)9-20-12(4)15(16)11(3)19-20/h5-6,8,10,17H,7,9H2,1-4H3. The summed E-state index contributed by atoms with van der Waals surface area (Å²) < 4.78 is 1.89. The number of hydrogen-bond acceptors (Lipinski definition) is 3. The zero-order valence-electron chi connectivity index (χ0n) is 12.4. The minimum Gasteiger partial charge on any atom is -0.310 e. The first-order chi connectivity index (χ1) is 9.47. The highest BCUT2D eigenvalue weighted by atomic mass is 35.5. The maximum Gasteiger partial charge on any atom is 0.0844 e. The van der Waals surface area contributed by atoms with Gasteiger partial charge in [-0.2, -0.15) is 5.10 Å². The Morgan fingerprint density at radius 3 is 2.55 bits per heavy atom. The van der Waals surface area contributed by atoms with Crippen molar-refractivity contribution >= 4 is 11.6 Å². The van der Waals surface area contributed by atoms with E-state index >= 15 is 0 Å². The van der Waals surface area contributed by atoms with Crippen LogP contribution < -0.4 is 5.32 Å². The maximum absolute atomic E-state index is 6.15. The second-order valence-corrected chi connectivity index (χ2v) is 5.71. The Morgan fingerprint density at radius 2 is 2.05 bits per heavy atom. The molecule has 0 aliphatic carbocycles. The monoisotopic (exact) mass is 292 g/mol. The Labute approximate surface area is 125 Å². The van der Waals surface area contributed by atoms with E-state index in [1.165, 1.54) is 5.56 Å². The van der Waals surface area contributed by atoms with Crippen molar-refractivity contribution in [3.05, 3.63) is 46.0 Å². The van der Waals surface area contributed by atoms with Crippen LogP contribution in [-0.2, 0) is 13.1 Å². The van der Waals surface area contributed by atoms with Gasteiger partial charge in [0.1, 0.15) is 0 Å². The summed E-state index contributed by atoms with van der Waals surface area (Å²) >= 11 is 6.15. The van der Waals surface area contributed by atoms with Crippen LogP contribution in [0.25, 0.3) is 0 Å². The molecule has 0 radical (unpaired) electrons. The Morgan fingerprint density at radius 1 is 1.30 bits per heavy atom. The summed E-state index contributed by atoms with van der Waals surface area (Å²) in [5.74, 6) is 0. The number of nitrogens with one attached hydrogen (secondary N) is 1. The largest absolute Gasteiger partial charge is 0.310 e. The van der Waals surface area contributed by atoms with Crippen molar-refractivity contribution in [2.75, 3.05) is 0 Å². The van der Waals surface area contributed by atoms with Crippen LogP contribution in [0.2, 0.25) is 5.02 Å². The van der Waals surface area contributed by atoms with Crippen molar-refractivity contribution in [1.82, 2.24) is 20.1 Å². The van der Waals surface area contributed by atoms with Gasteiger partial charge in [0, 0.05) is 18.8 Å². The third kappa shape index (κ3) is 3.58. The molecule has 2 rings (SSSR count). The van der Waals surface area contributed by atoms with Gasteiger partial charge < -0.3 is 5.32 Å². The highest BCUT2D eigenvalue weighted by Gasteiger charge is 2.09. The summed E-state index contributed by atoms with van der Waals surface area (Å²) in [5.41, 5.74) is 4.02. The molecule has 0 bridgehead atoms. The smallest absolute Gasteiger partial charge is 0.0844 e. The molecule has 108 valence electrons. The van der Waals surface area contributed by atoms with Crippen molar-refractivity contribution < 1.29 is 0 Å². The van der Waals surface area contributed by atoms with E-state index < -0.39 is 0 Å². The van der Waals surface area contributed by atoms with Crippen molar-refractivity contribution in [3.8, 4) is 0 Å². The number of nitrogens with zero attached hydrogens (tertiary/aromatic N) is 3. The lowest BCUT2D eigenvalue weighted by atomic mass is 10.2. The van der Waals surface area contributed by atoms with Crippen LogP contribution in [0.5, 0.6) is 0 Å². The summed E-state index contributed by atoms with van der Waals surface area (Å²) in [7, 11) is 0. The molecule has 2 heterocycles. The molecule has 0 saturated heterocycles. The normalized spacial score (nSPS) is 11.3. The van der Waals surface area contributed by atoms with Crippen LogP contribution in [0, 0.1) is 13.8 Å². The predicted octanol–water partition coefficient (Wildman–Crippen LogP) is 3.09. The topological polar surface area (TPSA) is 42.7 Å². The zero-order valence-corrected chi connectivity index (χ0v) is 13.2. The Balaban J connectivity index is 2.05. The van der Waals surface area contributed by atoms with Gasteiger partial charge >= 0.3 is 0 Å². The van der Waals surface area contributed by atoms with E-state index in [4.69, 9.17) is 11.6 Å². The van der Waals surface area contributed by atoms with Gasteiger partial charge in [-0.1, -0.05) is 31.5 Å². The molecule has 1 N–H and O–H groups in total. The van der Waals surface area contributed by atoms with Crippen LogP contribution in [0.15, 0.2) is 18.3 Å². The molecule has 0 saturated carbocycles. The van der Waals surface area contributed by atoms with E-state index in [-0.39, 0.29) is 0 Å². The number of halogens is 1. The first-order valence-corrected chi connectivity index (χ1v) is 7.22. The van der Waals surface area contributed by atoms with Crippen molar-refractivity contribution in [1.29, 1.82) is 0 Å². The lowest BCUT2D eigenvalue weighted by Crippen LogP contribution is -2.21. The fourth-order valence-corrected chi connectivity index (χ4v) is 2.09. The van der Waals surface area contributed by atoms with E-state index in [0.29, 0.717) is 12.6 Å². The summed E-state index contributed by atoms with van der Waals surface area (Å²) in [6.45, 7) is 9.65. The molecule has 4 nitrogen and oxygen atoms in total. The summed E-state index contributed by atoms with van der Waals surface area (Å²) in [6, 6.07) is 4.62. The zero-order chi connectivity index (χ0) is 14.7. The van der Waals surface area contributed by atoms with Gasteiger partial charge in [0.25, 0.3) is 0 Å². The first-order valence-electron chi connectivity index (χ1n) is 6.84. The van der Waals surface area contributed by atoms with E-state index in [2.05, 4.69) is 35.3 Å². The number of pyridine rings is 1. The molecule has 0 aliphatic rings. The number of aryl methyl sites for hydroxylation is 1. The molecule has 20 heavy (non-hydrogen) atoms. The quantitative estimate of drug-likeness (QED) is 0.921. The molecular formula is C15H21ClN4. The number of rotatable bonds is 5. The minimum absolute atomic E-state index is 0.478. The molecule has 0 aromatic carbocycles. The van der Waals surface area contributed by atoms with Crippen molar-refractivity contribution in [2.45, 2.75) is 46.8 Å². The molecule has 0 fully saturated rings. The molecule has 0 atom stereocenters. The highest BCUT2D eigenvalue weighted by molar-refractivity contribution is 6.31.